The van der Waals surface area contributed by atoms with Gasteiger partial charge in [0.05, 0.1) is 13.2 Å². The molecule has 0 aromatic heterocycles. The molecule has 0 atom stereocenters. The van der Waals surface area contributed by atoms with Gasteiger partial charge in [0.15, 0.2) is 5.79 Å². The van der Waals surface area contributed by atoms with Crippen molar-refractivity contribution in [3.05, 3.63) is 12.2 Å². The topological polar surface area (TPSA) is 18.5 Å². The van der Waals surface area contributed by atoms with Crippen molar-refractivity contribution in [2.24, 2.45) is 5.41 Å². The van der Waals surface area contributed by atoms with Crippen LogP contribution in [0.1, 0.15) is 33.1 Å². The van der Waals surface area contributed by atoms with E-state index in [1.165, 1.54) is 5.57 Å². The van der Waals surface area contributed by atoms with E-state index in [1.54, 1.807) is 0 Å². The van der Waals surface area contributed by atoms with Crippen molar-refractivity contribution < 1.29 is 9.47 Å². The van der Waals surface area contributed by atoms with Gasteiger partial charge in [-0.05, 0) is 11.8 Å². The maximum atomic E-state index is 5.70. The predicted octanol–water partition coefficient (Wildman–Crippen LogP) is 2.50. The van der Waals surface area contributed by atoms with Crippen LogP contribution in [0.5, 0.6) is 0 Å². The van der Waals surface area contributed by atoms with E-state index >= 15 is 0 Å². The average Bonchev–Trinajstić information content (AvgIpc) is 2.46. The smallest absolute Gasteiger partial charge is 0.169 e. The standard InChI is InChI=1S/C11H18O2/c1-9-4-5-11(8-10(9,2)3)12-6-7-13-11/h1,4-8H2,2-3H3. The molecule has 0 N–H and O–H groups in total. The summed E-state index contributed by atoms with van der Waals surface area (Å²) < 4.78 is 11.4. The minimum absolute atomic E-state index is 0.169. The number of rotatable bonds is 0. The van der Waals surface area contributed by atoms with E-state index in [9.17, 15) is 0 Å². The van der Waals surface area contributed by atoms with Crippen molar-refractivity contribution in [2.75, 3.05) is 13.2 Å². The SMILES string of the molecule is C=C1CCC2(CC1(C)C)OCCO2. The Bertz CT molecular complexity index is 224. The second-order valence-corrected chi connectivity index (χ2v) is 4.77. The van der Waals surface area contributed by atoms with Crippen LogP contribution >= 0.6 is 0 Å². The first-order valence-electron chi connectivity index (χ1n) is 5.00. The van der Waals surface area contributed by atoms with Crippen LogP contribution in [-0.4, -0.2) is 19.0 Å². The van der Waals surface area contributed by atoms with Gasteiger partial charge in [-0.2, -0.15) is 0 Å². The normalized spacial score (nSPS) is 31.1. The molecule has 0 radical (unpaired) electrons. The van der Waals surface area contributed by atoms with E-state index < -0.39 is 0 Å². The van der Waals surface area contributed by atoms with Gasteiger partial charge in [-0.25, -0.2) is 0 Å². The average molecular weight is 182 g/mol. The molecule has 2 aliphatic rings. The maximum Gasteiger partial charge on any atom is 0.169 e. The van der Waals surface area contributed by atoms with Crippen LogP contribution in [0.4, 0.5) is 0 Å². The van der Waals surface area contributed by atoms with E-state index in [0.717, 1.165) is 32.5 Å². The van der Waals surface area contributed by atoms with Gasteiger partial charge < -0.3 is 9.47 Å². The molecule has 0 unspecified atom stereocenters. The molecule has 1 heterocycles. The molecular weight excluding hydrogens is 164 g/mol. The van der Waals surface area contributed by atoms with Gasteiger partial charge in [-0.3, -0.25) is 0 Å². The van der Waals surface area contributed by atoms with Crippen LogP contribution in [0.25, 0.3) is 0 Å². The molecule has 0 amide bonds. The van der Waals surface area contributed by atoms with Gasteiger partial charge in [0.1, 0.15) is 0 Å². The molecule has 0 aromatic rings. The molecule has 13 heavy (non-hydrogen) atoms. The number of ether oxygens (including phenoxy) is 2. The molecule has 0 aromatic carbocycles. The highest BCUT2D eigenvalue weighted by Gasteiger charge is 2.45. The Hall–Kier alpha value is -0.340. The summed E-state index contributed by atoms with van der Waals surface area (Å²) in [6, 6.07) is 0. The van der Waals surface area contributed by atoms with Gasteiger partial charge in [-0.15, -0.1) is 0 Å². The molecule has 74 valence electrons. The van der Waals surface area contributed by atoms with Crippen LogP contribution in [0, 0.1) is 5.41 Å². The number of allylic oxidation sites excluding steroid dienone is 1. The highest BCUT2D eigenvalue weighted by atomic mass is 16.7. The largest absolute Gasteiger partial charge is 0.347 e. The van der Waals surface area contributed by atoms with E-state index in [-0.39, 0.29) is 11.2 Å². The zero-order valence-corrected chi connectivity index (χ0v) is 8.56. The van der Waals surface area contributed by atoms with E-state index in [2.05, 4.69) is 20.4 Å². The predicted molar refractivity (Wildman–Crippen MR) is 51.4 cm³/mol. The molecule has 2 fully saturated rings. The second-order valence-electron chi connectivity index (χ2n) is 4.77. The van der Waals surface area contributed by atoms with Crippen molar-refractivity contribution in [1.29, 1.82) is 0 Å². The highest BCUT2D eigenvalue weighted by molar-refractivity contribution is 5.13. The fraction of sp³-hybridized carbons (Fsp3) is 0.818. The summed E-state index contributed by atoms with van der Waals surface area (Å²) in [6.45, 7) is 10.1. The Kier molecular flexibility index (Phi) is 2.00. The first-order valence-corrected chi connectivity index (χ1v) is 5.00. The summed E-state index contributed by atoms with van der Waals surface area (Å²) in [4.78, 5) is 0. The quantitative estimate of drug-likeness (QED) is 0.536. The van der Waals surface area contributed by atoms with Crippen molar-refractivity contribution in [2.45, 2.75) is 38.9 Å². The number of hydrogen-bond donors (Lipinski definition) is 0. The van der Waals surface area contributed by atoms with Gasteiger partial charge >= 0.3 is 0 Å². The fourth-order valence-electron chi connectivity index (χ4n) is 2.31. The molecular formula is C11H18O2. The van der Waals surface area contributed by atoms with Gasteiger partial charge in [-0.1, -0.05) is 26.0 Å². The summed E-state index contributed by atoms with van der Waals surface area (Å²) in [5.41, 5.74) is 1.50. The Labute approximate surface area is 79.9 Å². The minimum atomic E-state index is -0.273. The summed E-state index contributed by atoms with van der Waals surface area (Å²) >= 11 is 0. The Morgan fingerprint density at radius 2 is 1.85 bits per heavy atom. The van der Waals surface area contributed by atoms with Crippen LogP contribution in [0.15, 0.2) is 12.2 Å². The summed E-state index contributed by atoms with van der Waals surface area (Å²) in [5, 5.41) is 0. The highest BCUT2D eigenvalue weighted by Crippen LogP contribution is 2.47. The molecule has 2 rings (SSSR count). The van der Waals surface area contributed by atoms with Crippen molar-refractivity contribution in [1.82, 2.24) is 0 Å². The lowest BCUT2D eigenvalue weighted by molar-refractivity contribution is -0.188. The van der Waals surface area contributed by atoms with Gasteiger partial charge in [0.2, 0.25) is 0 Å². The third-order valence-electron chi connectivity index (χ3n) is 3.29. The lowest BCUT2D eigenvalue weighted by atomic mass is 9.71. The van der Waals surface area contributed by atoms with Crippen molar-refractivity contribution in [3.63, 3.8) is 0 Å². The first kappa shape index (κ1) is 9.22. The van der Waals surface area contributed by atoms with E-state index in [0.29, 0.717) is 0 Å². The van der Waals surface area contributed by atoms with Gasteiger partial charge in [0, 0.05) is 12.8 Å². The fourth-order valence-corrected chi connectivity index (χ4v) is 2.31. The monoisotopic (exact) mass is 182 g/mol. The van der Waals surface area contributed by atoms with Crippen molar-refractivity contribution in [3.8, 4) is 0 Å². The van der Waals surface area contributed by atoms with Crippen LogP contribution < -0.4 is 0 Å². The molecule has 2 heteroatoms. The lowest BCUT2D eigenvalue weighted by Gasteiger charge is -2.42. The Morgan fingerprint density at radius 1 is 1.23 bits per heavy atom. The molecule has 0 bridgehead atoms. The molecule has 1 saturated heterocycles. The molecule has 2 nitrogen and oxygen atoms in total. The van der Waals surface area contributed by atoms with Crippen LogP contribution in [0.2, 0.25) is 0 Å². The zero-order valence-electron chi connectivity index (χ0n) is 8.56. The van der Waals surface area contributed by atoms with Gasteiger partial charge in [0.25, 0.3) is 0 Å². The molecule has 1 aliphatic carbocycles. The van der Waals surface area contributed by atoms with E-state index in [4.69, 9.17) is 9.47 Å². The zero-order chi connectivity index (χ0) is 9.53. The van der Waals surface area contributed by atoms with E-state index in [1.807, 2.05) is 0 Å². The summed E-state index contributed by atoms with van der Waals surface area (Å²) in [6.07, 6.45) is 2.97. The molecule has 1 spiro atoms. The minimum Gasteiger partial charge on any atom is -0.347 e. The Morgan fingerprint density at radius 3 is 2.38 bits per heavy atom. The maximum absolute atomic E-state index is 5.70. The summed E-state index contributed by atoms with van der Waals surface area (Å²) in [5.74, 6) is -0.273. The summed E-state index contributed by atoms with van der Waals surface area (Å²) in [7, 11) is 0. The van der Waals surface area contributed by atoms with Crippen molar-refractivity contribution >= 4 is 0 Å². The number of hydrogen-bond acceptors (Lipinski definition) is 2. The third kappa shape index (κ3) is 1.53. The Balaban J connectivity index is 2.14. The lowest BCUT2D eigenvalue weighted by Crippen LogP contribution is -2.40. The molecule has 1 aliphatic heterocycles. The molecule has 1 saturated carbocycles. The third-order valence-corrected chi connectivity index (χ3v) is 3.29. The van der Waals surface area contributed by atoms with Crippen LogP contribution in [0.3, 0.4) is 0 Å². The van der Waals surface area contributed by atoms with Crippen LogP contribution in [-0.2, 0) is 9.47 Å². The second kappa shape index (κ2) is 2.82. The first-order chi connectivity index (χ1) is 6.04.